The van der Waals surface area contributed by atoms with Gasteiger partial charge in [-0.2, -0.15) is 0 Å². The first-order chi connectivity index (χ1) is 14.8. The monoisotopic (exact) mass is 428 g/mol. The molecule has 0 radical (unpaired) electrons. The van der Waals surface area contributed by atoms with E-state index in [0.717, 1.165) is 11.3 Å². The van der Waals surface area contributed by atoms with E-state index in [4.69, 9.17) is 5.73 Å². The van der Waals surface area contributed by atoms with Gasteiger partial charge >= 0.3 is 6.03 Å². The third kappa shape index (κ3) is 3.94. The summed E-state index contributed by atoms with van der Waals surface area (Å²) in [6.45, 7) is 4.00. The maximum atomic E-state index is 13.7. The summed E-state index contributed by atoms with van der Waals surface area (Å²) in [4.78, 5) is 29.3. The molecule has 2 amide bonds. The van der Waals surface area contributed by atoms with E-state index in [9.17, 15) is 18.4 Å². The lowest BCUT2D eigenvalue weighted by Crippen LogP contribution is -2.60. The van der Waals surface area contributed by atoms with Gasteiger partial charge in [0.05, 0.1) is 11.2 Å². The van der Waals surface area contributed by atoms with E-state index < -0.39 is 11.6 Å². The number of hydrogen-bond donors (Lipinski definition) is 2. The van der Waals surface area contributed by atoms with Crippen LogP contribution in [0.5, 0.6) is 0 Å². The number of Topliss-reactive ketones (excluding diaryl/α,β-unsaturated/α-hetero) is 1. The van der Waals surface area contributed by atoms with E-state index in [2.05, 4.69) is 10.2 Å². The molecule has 0 bridgehead atoms. The second-order valence-corrected chi connectivity index (χ2v) is 8.23. The molecule has 2 aliphatic heterocycles. The highest BCUT2D eigenvalue weighted by Crippen LogP contribution is 2.42. The highest BCUT2D eigenvalue weighted by Gasteiger charge is 2.46. The van der Waals surface area contributed by atoms with Gasteiger partial charge in [0.15, 0.2) is 5.78 Å². The Labute approximate surface area is 180 Å². The Hall–Kier alpha value is -3.16. The quantitative estimate of drug-likeness (QED) is 0.731. The number of hydrogen-bond acceptors (Lipinski definition) is 4. The van der Waals surface area contributed by atoms with Gasteiger partial charge in [-0.15, -0.1) is 0 Å². The van der Waals surface area contributed by atoms with E-state index in [1.165, 1.54) is 24.3 Å². The Balaban J connectivity index is 1.42. The molecule has 6 nitrogen and oxygen atoms in total. The third-order valence-electron chi connectivity index (χ3n) is 6.41. The van der Waals surface area contributed by atoms with Crippen molar-refractivity contribution < 1.29 is 18.4 Å². The number of fused-ring (bicyclic) bond motifs is 1. The van der Waals surface area contributed by atoms with Crippen LogP contribution in [0.2, 0.25) is 0 Å². The zero-order chi connectivity index (χ0) is 22.2. The second-order valence-electron chi connectivity index (χ2n) is 8.23. The lowest BCUT2D eigenvalue weighted by Gasteiger charge is -2.52. The van der Waals surface area contributed by atoms with E-state index >= 15 is 0 Å². The molecular weight excluding hydrogens is 402 g/mol. The Morgan fingerprint density at radius 3 is 2.58 bits per heavy atom. The van der Waals surface area contributed by atoms with Crippen LogP contribution >= 0.6 is 0 Å². The van der Waals surface area contributed by atoms with E-state index in [-0.39, 0.29) is 29.6 Å². The molecule has 0 atom stereocenters. The smallest absolute Gasteiger partial charge is 0.317 e. The number of benzene rings is 2. The highest BCUT2D eigenvalue weighted by molar-refractivity contribution is 6.04. The molecule has 2 aliphatic rings. The number of urea groups is 1. The predicted molar refractivity (Wildman–Crippen MR) is 115 cm³/mol. The van der Waals surface area contributed by atoms with Crippen LogP contribution in [0, 0.1) is 11.6 Å². The number of nitrogens with one attached hydrogen (secondary N) is 1. The highest BCUT2D eigenvalue weighted by atomic mass is 19.1. The number of nitrogens with two attached hydrogens (primary N) is 1. The molecular formula is C23H26F2N4O2. The fraction of sp³-hybridized carbons (Fsp3) is 0.391. The van der Waals surface area contributed by atoms with Crippen LogP contribution in [0.25, 0.3) is 0 Å². The van der Waals surface area contributed by atoms with Crippen molar-refractivity contribution in [3.8, 4) is 0 Å². The zero-order valence-electron chi connectivity index (χ0n) is 17.5. The van der Waals surface area contributed by atoms with Crippen molar-refractivity contribution in [2.75, 3.05) is 30.3 Å². The van der Waals surface area contributed by atoms with Gasteiger partial charge in [-0.3, -0.25) is 4.79 Å². The fourth-order valence-electron chi connectivity index (χ4n) is 4.78. The predicted octanol–water partition coefficient (Wildman–Crippen LogP) is 3.70. The Bertz CT molecular complexity index is 1020. The van der Waals surface area contributed by atoms with Crippen molar-refractivity contribution in [1.29, 1.82) is 0 Å². The first-order valence-electron chi connectivity index (χ1n) is 10.5. The second kappa shape index (κ2) is 8.17. The first-order valence-corrected chi connectivity index (χ1v) is 10.5. The van der Waals surface area contributed by atoms with E-state index in [1.54, 1.807) is 17.0 Å². The maximum absolute atomic E-state index is 13.7. The lowest BCUT2D eigenvalue weighted by molar-refractivity contribution is 0.0885. The van der Waals surface area contributed by atoms with Gasteiger partial charge in [-0.25, -0.2) is 13.6 Å². The summed E-state index contributed by atoms with van der Waals surface area (Å²) in [6, 6.07) is 8.56. The number of halogens is 2. The zero-order valence-corrected chi connectivity index (χ0v) is 17.5. The van der Waals surface area contributed by atoms with Gasteiger partial charge in [0.2, 0.25) is 0 Å². The molecule has 1 spiro atoms. The van der Waals surface area contributed by atoms with Crippen LogP contribution in [-0.2, 0) is 6.54 Å². The average molecular weight is 428 g/mol. The number of amides is 2. The molecule has 2 aromatic rings. The van der Waals surface area contributed by atoms with Crippen LogP contribution in [0.1, 0.15) is 42.1 Å². The summed E-state index contributed by atoms with van der Waals surface area (Å²) < 4.78 is 27.0. The normalized spacial score (nSPS) is 17.6. The molecule has 2 heterocycles. The van der Waals surface area contributed by atoms with Crippen LogP contribution in [0.4, 0.5) is 25.0 Å². The van der Waals surface area contributed by atoms with Crippen LogP contribution in [0.3, 0.4) is 0 Å². The molecule has 3 N–H and O–H groups in total. The minimum atomic E-state index is -0.483. The summed E-state index contributed by atoms with van der Waals surface area (Å²) in [5, 5.41) is 2.85. The van der Waals surface area contributed by atoms with Gasteiger partial charge in [0, 0.05) is 43.9 Å². The number of ketones is 1. The number of carbonyl (C=O) groups excluding carboxylic acids is 2. The SMILES string of the molecule is CCN1c2ccc(F)cc2C(=O)CC12CCN(C(=O)NCc1ccc(F)c(N)c1)CC2. The molecule has 0 saturated carbocycles. The first kappa shape index (κ1) is 21.1. The molecule has 1 saturated heterocycles. The van der Waals surface area contributed by atoms with Crippen LogP contribution in [0.15, 0.2) is 36.4 Å². The summed E-state index contributed by atoms with van der Waals surface area (Å²) >= 11 is 0. The van der Waals surface area contributed by atoms with Crippen molar-refractivity contribution in [2.45, 2.75) is 38.3 Å². The number of likely N-dealkylation sites (tertiary alicyclic amines) is 1. The third-order valence-corrected chi connectivity index (χ3v) is 6.41. The molecule has 4 rings (SSSR count). The minimum Gasteiger partial charge on any atom is -0.396 e. The summed E-state index contributed by atoms with van der Waals surface area (Å²) in [5.41, 5.74) is 7.19. The Kier molecular flexibility index (Phi) is 5.56. The molecule has 8 heteroatoms. The summed E-state index contributed by atoms with van der Waals surface area (Å²) in [6.07, 6.45) is 1.63. The van der Waals surface area contributed by atoms with Crippen molar-refractivity contribution in [3.05, 3.63) is 59.2 Å². The van der Waals surface area contributed by atoms with Crippen LogP contribution < -0.4 is 16.0 Å². The fourth-order valence-corrected chi connectivity index (χ4v) is 4.78. The number of piperidine rings is 1. The number of anilines is 2. The van der Waals surface area contributed by atoms with Crippen molar-refractivity contribution in [1.82, 2.24) is 10.2 Å². The summed E-state index contributed by atoms with van der Waals surface area (Å²) in [5.74, 6) is -0.942. The van der Waals surface area contributed by atoms with Crippen molar-refractivity contribution in [2.24, 2.45) is 0 Å². The molecule has 2 aromatic carbocycles. The topological polar surface area (TPSA) is 78.7 Å². The molecule has 164 valence electrons. The standard InChI is InChI=1S/C23H26F2N4O2/c1-2-29-20-6-4-16(24)12-17(20)21(30)13-23(29)7-9-28(10-8-23)22(31)27-14-15-3-5-18(25)19(26)11-15/h3-6,11-12H,2,7-10,13-14,26H2,1H3,(H,27,31). The minimum absolute atomic E-state index is 0.0495. The molecule has 31 heavy (non-hydrogen) atoms. The van der Waals surface area contributed by atoms with Gasteiger partial charge in [0.1, 0.15) is 11.6 Å². The van der Waals surface area contributed by atoms with Gasteiger partial charge in [-0.1, -0.05) is 6.07 Å². The number of nitrogens with zero attached hydrogens (tertiary/aromatic N) is 2. The average Bonchev–Trinajstić information content (AvgIpc) is 2.75. The molecule has 0 aliphatic carbocycles. The number of nitrogen functional groups attached to an aromatic ring is 1. The number of rotatable bonds is 3. The van der Waals surface area contributed by atoms with Crippen molar-refractivity contribution in [3.63, 3.8) is 0 Å². The number of carbonyl (C=O) groups is 2. The molecule has 0 aromatic heterocycles. The summed E-state index contributed by atoms with van der Waals surface area (Å²) in [7, 11) is 0. The Morgan fingerprint density at radius 1 is 1.16 bits per heavy atom. The maximum Gasteiger partial charge on any atom is 0.317 e. The van der Waals surface area contributed by atoms with E-state index in [1.807, 2.05) is 6.92 Å². The Morgan fingerprint density at radius 2 is 1.90 bits per heavy atom. The van der Waals surface area contributed by atoms with E-state index in [0.29, 0.717) is 44.5 Å². The molecule has 1 fully saturated rings. The van der Waals surface area contributed by atoms with Gasteiger partial charge in [-0.05, 0) is 55.7 Å². The lowest BCUT2D eigenvalue weighted by atomic mass is 9.76. The van der Waals surface area contributed by atoms with Gasteiger partial charge < -0.3 is 20.9 Å². The van der Waals surface area contributed by atoms with Crippen molar-refractivity contribution >= 4 is 23.2 Å². The largest absolute Gasteiger partial charge is 0.396 e. The van der Waals surface area contributed by atoms with Crippen LogP contribution in [-0.4, -0.2) is 41.9 Å². The molecule has 0 unspecified atom stereocenters. The van der Waals surface area contributed by atoms with Gasteiger partial charge in [0.25, 0.3) is 0 Å².